The maximum absolute atomic E-state index is 12.4. The van der Waals surface area contributed by atoms with Crippen molar-refractivity contribution < 1.29 is 17.9 Å². The lowest BCUT2D eigenvalue weighted by molar-refractivity contribution is -0.143. The van der Waals surface area contributed by atoms with Crippen LogP contribution in [0.2, 0.25) is 0 Å². The SMILES string of the molecule is CCOC(=O)CN(CC)S(=O)(=O)N1CCCC(C)C1. The van der Waals surface area contributed by atoms with Crippen LogP contribution in [0.1, 0.15) is 33.6 Å². The van der Waals surface area contributed by atoms with Crippen LogP contribution in [0.4, 0.5) is 0 Å². The zero-order valence-corrected chi connectivity index (χ0v) is 12.8. The van der Waals surface area contributed by atoms with E-state index in [0.29, 0.717) is 19.0 Å². The van der Waals surface area contributed by atoms with Gasteiger partial charge >= 0.3 is 5.97 Å². The van der Waals surface area contributed by atoms with Crippen LogP contribution in [0, 0.1) is 5.92 Å². The summed E-state index contributed by atoms with van der Waals surface area (Å²) >= 11 is 0. The van der Waals surface area contributed by atoms with E-state index in [-0.39, 0.29) is 19.7 Å². The molecule has 7 heteroatoms. The Kier molecular flexibility index (Phi) is 6.22. The Labute approximate surface area is 115 Å². The van der Waals surface area contributed by atoms with Crippen molar-refractivity contribution in [2.45, 2.75) is 33.6 Å². The van der Waals surface area contributed by atoms with Crippen molar-refractivity contribution in [3.05, 3.63) is 0 Å². The molecule has 1 aliphatic heterocycles. The van der Waals surface area contributed by atoms with E-state index >= 15 is 0 Å². The molecule has 0 saturated carbocycles. The number of hydrogen-bond acceptors (Lipinski definition) is 4. The highest BCUT2D eigenvalue weighted by atomic mass is 32.2. The molecule has 1 fully saturated rings. The molecular formula is C12H24N2O4S. The van der Waals surface area contributed by atoms with Gasteiger partial charge in [-0.1, -0.05) is 13.8 Å². The fourth-order valence-corrected chi connectivity index (χ4v) is 3.95. The Morgan fingerprint density at radius 2 is 2.11 bits per heavy atom. The topological polar surface area (TPSA) is 66.9 Å². The molecule has 19 heavy (non-hydrogen) atoms. The molecule has 112 valence electrons. The van der Waals surface area contributed by atoms with Gasteiger partial charge in [0.05, 0.1) is 6.61 Å². The molecule has 0 aromatic carbocycles. The second kappa shape index (κ2) is 7.21. The van der Waals surface area contributed by atoms with Crippen LogP contribution < -0.4 is 0 Å². The number of carbonyl (C=O) groups excluding carboxylic acids is 1. The molecule has 0 aliphatic carbocycles. The van der Waals surface area contributed by atoms with E-state index in [1.54, 1.807) is 13.8 Å². The van der Waals surface area contributed by atoms with Crippen molar-refractivity contribution in [1.82, 2.24) is 8.61 Å². The molecule has 1 aliphatic rings. The third-order valence-corrected chi connectivity index (χ3v) is 5.26. The predicted octanol–water partition coefficient (Wildman–Crippen LogP) is 0.848. The van der Waals surface area contributed by atoms with Crippen molar-refractivity contribution in [1.29, 1.82) is 0 Å². The molecule has 0 spiro atoms. The first-order chi connectivity index (χ1) is 8.91. The average Bonchev–Trinajstić information content (AvgIpc) is 2.36. The highest BCUT2D eigenvalue weighted by Crippen LogP contribution is 2.20. The van der Waals surface area contributed by atoms with Gasteiger partial charge in [-0.15, -0.1) is 0 Å². The van der Waals surface area contributed by atoms with Crippen molar-refractivity contribution in [2.75, 3.05) is 32.8 Å². The largest absolute Gasteiger partial charge is 0.465 e. The van der Waals surface area contributed by atoms with Crippen LogP contribution >= 0.6 is 0 Å². The normalized spacial score (nSPS) is 21.6. The van der Waals surface area contributed by atoms with E-state index in [1.807, 2.05) is 6.92 Å². The van der Waals surface area contributed by atoms with Gasteiger partial charge in [0.25, 0.3) is 10.2 Å². The Balaban J connectivity index is 2.74. The quantitative estimate of drug-likeness (QED) is 0.681. The number of piperidine rings is 1. The van der Waals surface area contributed by atoms with E-state index in [2.05, 4.69) is 0 Å². The van der Waals surface area contributed by atoms with E-state index in [1.165, 1.54) is 8.61 Å². The Bertz CT molecular complexity index is 397. The van der Waals surface area contributed by atoms with Crippen LogP contribution in [0.5, 0.6) is 0 Å². The van der Waals surface area contributed by atoms with E-state index in [0.717, 1.165) is 12.8 Å². The lowest BCUT2D eigenvalue weighted by Crippen LogP contribution is -2.49. The Morgan fingerprint density at radius 3 is 2.63 bits per heavy atom. The molecule has 1 atom stereocenters. The van der Waals surface area contributed by atoms with Gasteiger partial charge in [0.15, 0.2) is 0 Å². The lowest BCUT2D eigenvalue weighted by Gasteiger charge is -2.33. The summed E-state index contributed by atoms with van der Waals surface area (Å²) in [6, 6.07) is 0. The molecule has 0 amide bonds. The summed E-state index contributed by atoms with van der Waals surface area (Å²) in [5, 5.41) is 0. The summed E-state index contributed by atoms with van der Waals surface area (Å²) in [6.45, 7) is 6.86. The second-order valence-corrected chi connectivity index (χ2v) is 6.77. The molecule has 0 aromatic rings. The number of nitrogens with zero attached hydrogens (tertiary/aromatic N) is 2. The molecule has 1 rings (SSSR count). The molecule has 1 heterocycles. The average molecular weight is 292 g/mol. The summed E-state index contributed by atoms with van der Waals surface area (Å²) in [5.41, 5.74) is 0. The van der Waals surface area contributed by atoms with Crippen LogP contribution in [0.3, 0.4) is 0 Å². The number of esters is 1. The van der Waals surface area contributed by atoms with Crippen LogP contribution in [-0.4, -0.2) is 55.8 Å². The fourth-order valence-electron chi connectivity index (χ4n) is 2.23. The number of rotatable bonds is 6. The van der Waals surface area contributed by atoms with Gasteiger partial charge in [-0.25, -0.2) is 0 Å². The van der Waals surface area contributed by atoms with Gasteiger partial charge in [-0.2, -0.15) is 17.0 Å². The van der Waals surface area contributed by atoms with Crippen LogP contribution in [0.25, 0.3) is 0 Å². The van der Waals surface area contributed by atoms with Gasteiger partial charge in [-0.3, -0.25) is 4.79 Å². The molecule has 0 aromatic heterocycles. The summed E-state index contributed by atoms with van der Waals surface area (Å²) < 4.78 is 32.4. The molecule has 0 radical (unpaired) electrons. The molecule has 1 saturated heterocycles. The van der Waals surface area contributed by atoms with Crippen molar-refractivity contribution in [3.8, 4) is 0 Å². The van der Waals surface area contributed by atoms with Crippen LogP contribution in [-0.2, 0) is 19.7 Å². The minimum atomic E-state index is -3.55. The lowest BCUT2D eigenvalue weighted by atomic mass is 10.0. The van der Waals surface area contributed by atoms with E-state index in [9.17, 15) is 13.2 Å². The minimum Gasteiger partial charge on any atom is -0.465 e. The van der Waals surface area contributed by atoms with E-state index < -0.39 is 16.2 Å². The third kappa shape index (κ3) is 4.43. The first-order valence-electron chi connectivity index (χ1n) is 6.82. The van der Waals surface area contributed by atoms with Crippen LogP contribution in [0.15, 0.2) is 0 Å². The van der Waals surface area contributed by atoms with Gasteiger partial charge in [0, 0.05) is 19.6 Å². The monoisotopic (exact) mass is 292 g/mol. The standard InChI is InChI=1S/C12H24N2O4S/c1-4-13(10-12(15)18-5-2)19(16,17)14-8-6-7-11(3)9-14/h11H,4-10H2,1-3H3. The number of hydrogen-bond donors (Lipinski definition) is 0. The zero-order valence-electron chi connectivity index (χ0n) is 12.0. The predicted molar refractivity (Wildman–Crippen MR) is 72.8 cm³/mol. The minimum absolute atomic E-state index is 0.211. The highest BCUT2D eigenvalue weighted by Gasteiger charge is 2.32. The highest BCUT2D eigenvalue weighted by molar-refractivity contribution is 7.86. The fraction of sp³-hybridized carbons (Fsp3) is 0.917. The smallest absolute Gasteiger partial charge is 0.321 e. The van der Waals surface area contributed by atoms with Crippen molar-refractivity contribution in [2.24, 2.45) is 5.92 Å². The summed E-state index contributed by atoms with van der Waals surface area (Å²) in [4.78, 5) is 11.5. The summed E-state index contributed by atoms with van der Waals surface area (Å²) in [6.07, 6.45) is 1.92. The first-order valence-corrected chi connectivity index (χ1v) is 8.22. The number of carbonyl (C=O) groups is 1. The molecule has 1 unspecified atom stereocenters. The number of ether oxygens (including phenoxy) is 1. The van der Waals surface area contributed by atoms with Gasteiger partial charge < -0.3 is 4.74 Å². The van der Waals surface area contributed by atoms with Gasteiger partial charge in [-0.05, 0) is 25.7 Å². The van der Waals surface area contributed by atoms with Gasteiger partial charge in [0.2, 0.25) is 0 Å². The van der Waals surface area contributed by atoms with Crippen molar-refractivity contribution >= 4 is 16.2 Å². The summed E-state index contributed by atoms with van der Waals surface area (Å²) in [5.74, 6) is -0.136. The first kappa shape index (κ1) is 16.4. The molecule has 6 nitrogen and oxygen atoms in total. The zero-order chi connectivity index (χ0) is 14.5. The molecule has 0 bridgehead atoms. The molecule has 0 N–H and O–H groups in total. The van der Waals surface area contributed by atoms with Crippen molar-refractivity contribution in [3.63, 3.8) is 0 Å². The van der Waals surface area contributed by atoms with E-state index in [4.69, 9.17) is 4.74 Å². The molecular weight excluding hydrogens is 268 g/mol. The maximum atomic E-state index is 12.4. The van der Waals surface area contributed by atoms with Gasteiger partial charge in [0.1, 0.15) is 6.54 Å². The third-order valence-electron chi connectivity index (χ3n) is 3.24. The Hall–Kier alpha value is -0.660. The Morgan fingerprint density at radius 1 is 1.42 bits per heavy atom. The second-order valence-electron chi connectivity index (χ2n) is 4.84. The maximum Gasteiger partial charge on any atom is 0.321 e. The number of likely N-dealkylation sites (N-methyl/N-ethyl adjacent to an activating group) is 1. The summed E-state index contributed by atoms with van der Waals surface area (Å²) in [7, 11) is -3.55.